The third kappa shape index (κ3) is 3.75. The molecule has 1 aromatic carbocycles. The number of rotatable bonds is 1. The van der Waals surface area contributed by atoms with E-state index in [1.54, 1.807) is 6.07 Å². The van der Waals surface area contributed by atoms with E-state index in [0.717, 1.165) is 12.0 Å². The zero-order chi connectivity index (χ0) is 9.68. The van der Waals surface area contributed by atoms with Crippen LogP contribution in [0.25, 0.3) is 0 Å². The van der Waals surface area contributed by atoms with Gasteiger partial charge in [0.25, 0.3) is 0 Å². The molecule has 0 aliphatic carbocycles. The molecule has 0 saturated carbocycles. The van der Waals surface area contributed by atoms with Crippen molar-refractivity contribution in [2.45, 2.75) is 20.3 Å². The lowest BCUT2D eigenvalue weighted by molar-refractivity contribution is 0.627. The molecule has 0 heterocycles. The first kappa shape index (κ1) is 9.80. The number of hydrogen-bond acceptors (Lipinski definition) is 0. The first-order valence-corrected chi connectivity index (χ1v) is 4.43. The van der Waals surface area contributed by atoms with Crippen molar-refractivity contribution in [3.8, 4) is 11.8 Å². The van der Waals surface area contributed by atoms with Crippen LogP contribution in [0.1, 0.15) is 25.8 Å². The van der Waals surface area contributed by atoms with Crippen molar-refractivity contribution in [1.29, 1.82) is 0 Å². The molecule has 1 heteroatoms. The normalized spacial score (nSPS) is 9.54. The highest BCUT2D eigenvalue weighted by molar-refractivity contribution is 5.34. The maximum absolute atomic E-state index is 12.7. The zero-order valence-corrected chi connectivity index (χ0v) is 7.97. The van der Waals surface area contributed by atoms with Gasteiger partial charge in [0.05, 0.1) is 0 Å². The van der Waals surface area contributed by atoms with Gasteiger partial charge in [0.2, 0.25) is 0 Å². The summed E-state index contributed by atoms with van der Waals surface area (Å²) in [6.07, 6.45) is 0.858. The minimum atomic E-state index is -0.226. The van der Waals surface area contributed by atoms with Gasteiger partial charge in [-0.15, -0.1) is 0 Å². The predicted octanol–water partition coefficient (Wildman–Crippen LogP) is 3.22. The maximum Gasteiger partial charge on any atom is 0.124 e. The Morgan fingerprint density at radius 2 is 2.15 bits per heavy atom. The van der Waals surface area contributed by atoms with Gasteiger partial charge in [-0.3, -0.25) is 0 Å². The van der Waals surface area contributed by atoms with E-state index in [9.17, 15) is 4.39 Å². The molecule has 13 heavy (non-hydrogen) atoms. The molecule has 1 aromatic rings. The van der Waals surface area contributed by atoms with Crippen LogP contribution in [0, 0.1) is 23.6 Å². The number of hydrogen-bond donors (Lipinski definition) is 0. The van der Waals surface area contributed by atoms with Crippen LogP contribution in [0.4, 0.5) is 4.39 Å². The van der Waals surface area contributed by atoms with E-state index in [0.29, 0.717) is 5.92 Å². The van der Waals surface area contributed by atoms with Gasteiger partial charge in [0.15, 0.2) is 0 Å². The standard InChI is InChI=1S/C12H13F/c1-10(2)5-3-6-11-7-4-8-12(13)9-11/h4,7-10H,5H2,1-2H3. The molecule has 68 valence electrons. The molecule has 0 amide bonds. The molecule has 1 rings (SSSR count). The Balaban J connectivity index is 2.66. The van der Waals surface area contributed by atoms with E-state index >= 15 is 0 Å². The molecule has 0 atom stereocenters. The van der Waals surface area contributed by atoms with Crippen molar-refractivity contribution < 1.29 is 4.39 Å². The fourth-order valence-corrected chi connectivity index (χ4v) is 0.923. The summed E-state index contributed by atoms with van der Waals surface area (Å²) in [5.74, 6) is 6.28. The molecule has 0 spiro atoms. The van der Waals surface area contributed by atoms with Crippen LogP contribution >= 0.6 is 0 Å². The first-order valence-electron chi connectivity index (χ1n) is 4.43. The molecule has 0 fully saturated rings. The van der Waals surface area contributed by atoms with Crippen molar-refractivity contribution in [3.63, 3.8) is 0 Å². The monoisotopic (exact) mass is 176 g/mol. The van der Waals surface area contributed by atoms with Crippen molar-refractivity contribution in [1.82, 2.24) is 0 Å². The topological polar surface area (TPSA) is 0 Å². The van der Waals surface area contributed by atoms with Crippen molar-refractivity contribution >= 4 is 0 Å². The van der Waals surface area contributed by atoms with Gasteiger partial charge in [-0.25, -0.2) is 4.39 Å². The Kier molecular flexibility index (Phi) is 3.52. The smallest absolute Gasteiger partial charge is 0.124 e. The quantitative estimate of drug-likeness (QED) is 0.576. The van der Waals surface area contributed by atoms with Gasteiger partial charge < -0.3 is 0 Å². The Labute approximate surface area is 78.8 Å². The zero-order valence-electron chi connectivity index (χ0n) is 7.97. The summed E-state index contributed by atoms with van der Waals surface area (Å²) in [7, 11) is 0. The Hall–Kier alpha value is -1.29. The highest BCUT2D eigenvalue weighted by atomic mass is 19.1. The molecule has 0 aromatic heterocycles. The van der Waals surface area contributed by atoms with Gasteiger partial charge >= 0.3 is 0 Å². The molecule has 0 N–H and O–H groups in total. The molecular weight excluding hydrogens is 163 g/mol. The summed E-state index contributed by atoms with van der Waals surface area (Å²) in [4.78, 5) is 0. The van der Waals surface area contributed by atoms with E-state index in [-0.39, 0.29) is 5.82 Å². The Bertz CT molecular complexity index is 328. The van der Waals surface area contributed by atoms with Crippen LogP contribution in [0.2, 0.25) is 0 Å². The maximum atomic E-state index is 12.7. The fourth-order valence-electron chi connectivity index (χ4n) is 0.923. The Morgan fingerprint density at radius 3 is 2.77 bits per heavy atom. The minimum Gasteiger partial charge on any atom is -0.207 e. The van der Waals surface area contributed by atoms with E-state index < -0.39 is 0 Å². The predicted molar refractivity (Wildman–Crippen MR) is 52.7 cm³/mol. The average molecular weight is 176 g/mol. The van der Waals surface area contributed by atoms with Gasteiger partial charge in [-0.1, -0.05) is 31.8 Å². The van der Waals surface area contributed by atoms with E-state index in [4.69, 9.17) is 0 Å². The number of benzene rings is 1. The van der Waals surface area contributed by atoms with Crippen LogP contribution in [-0.2, 0) is 0 Å². The second-order valence-corrected chi connectivity index (χ2v) is 3.41. The first-order chi connectivity index (χ1) is 6.18. The molecule has 0 aliphatic heterocycles. The van der Waals surface area contributed by atoms with Crippen LogP contribution < -0.4 is 0 Å². The third-order valence-electron chi connectivity index (χ3n) is 1.57. The third-order valence-corrected chi connectivity index (χ3v) is 1.57. The number of halogens is 1. The minimum absolute atomic E-state index is 0.226. The van der Waals surface area contributed by atoms with Crippen molar-refractivity contribution in [2.24, 2.45) is 5.92 Å². The highest BCUT2D eigenvalue weighted by Crippen LogP contribution is 2.02. The largest absolute Gasteiger partial charge is 0.207 e. The summed E-state index contributed by atoms with van der Waals surface area (Å²) < 4.78 is 12.7. The molecule has 0 nitrogen and oxygen atoms in total. The van der Waals surface area contributed by atoms with Gasteiger partial charge in [0.1, 0.15) is 5.82 Å². The molecule has 0 radical (unpaired) electrons. The summed E-state index contributed by atoms with van der Waals surface area (Å²) in [5.41, 5.74) is 0.751. The fraction of sp³-hybridized carbons (Fsp3) is 0.333. The van der Waals surface area contributed by atoms with E-state index in [1.807, 2.05) is 6.07 Å². The summed E-state index contributed by atoms with van der Waals surface area (Å²) in [6, 6.07) is 6.37. The van der Waals surface area contributed by atoms with Gasteiger partial charge in [0, 0.05) is 12.0 Å². The van der Waals surface area contributed by atoms with Crippen LogP contribution in [0.15, 0.2) is 24.3 Å². The summed E-state index contributed by atoms with van der Waals surface area (Å²) >= 11 is 0. The van der Waals surface area contributed by atoms with Crippen molar-refractivity contribution in [2.75, 3.05) is 0 Å². The van der Waals surface area contributed by atoms with E-state index in [2.05, 4.69) is 25.7 Å². The van der Waals surface area contributed by atoms with Crippen molar-refractivity contribution in [3.05, 3.63) is 35.6 Å². The van der Waals surface area contributed by atoms with Crippen LogP contribution in [-0.4, -0.2) is 0 Å². The molecular formula is C12H13F. The van der Waals surface area contributed by atoms with Gasteiger partial charge in [-0.05, 0) is 24.1 Å². The average Bonchev–Trinajstić information content (AvgIpc) is 2.03. The lowest BCUT2D eigenvalue weighted by Gasteiger charge is -1.93. The SMILES string of the molecule is CC(C)CC#Cc1cccc(F)c1. The Morgan fingerprint density at radius 1 is 1.38 bits per heavy atom. The van der Waals surface area contributed by atoms with Gasteiger partial charge in [-0.2, -0.15) is 0 Å². The second kappa shape index (κ2) is 4.67. The van der Waals surface area contributed by atoms with Crippen LogP contribution in [0.3, 0.4) is 0 Å². The summed E-state index contributed by atoms with van der Waals surface area (Å²) in [6.45, 7) is 4.22. The highest BCUT2D eigenvalue weighted by Gasteiger charge is 1.90. The molecule has 0 unspecified atom stereocenters. The lowest BCUT2D eigenvalue weighted by Crippen LogP contribution is -1.82. The van der Waals surface area contributed by atoms with Crippen LogP contribution in [0.5, 0.6) is 0 Å². The second-order valence-electron chi connectivity index (χ2n) is 3.41. The van der Waals surface area contributed by atoms with E-state index in [1.165, 1.54) is 12.1 Å². The molecule has 0 saturated heterocycles. The molecule has 0 bridgehead atoms. The summed E-state index contributed by atoms with van der Waals surface area (Å²) in [5, 5.41) is 0. The lowest BCUT2D eigenvalue weighted by atomic mass is 10.1. The molecule has 0 aliphatic rings.